The summed E-state index contributed by atoms with van der Waals surface area (Å²) in [5.41, 5.74) is 1.86. The van der Waals surface area contributed by atoms with E-state index in [1.807, 2.05) is 42.5 Å². The smallest absolute Gasteiger partial charge is 0.123 e. The quantitative estimate of drug-likeness (QED) is 0.693. The maximum Gasteiger partial charge on any atom is 0.123 e. The van der Waals surface area contributed by atoms with Gasteiger partial charge in [-0.15, -0.1) is 0 Å². The van der Waals surface area contributed by atoms with Crippen LogP contribution >= 0.6 is 0 Å². The van der Waals surface area contributed by atoms with E-state index in [0.717, 1.165) is 11.3 Å². The second-order valence-corrected chi connectivity index (χ2v) is 3.52. The van der Waals surface area contributed by atoms with Gasteiger partial charge in [0, 0.05) is 6.21 Å². The van der Waals surface area contributed by atoms with Gasteiger partial charge in [0.15, 0.2) is 0 Å². The van der Waals surface area contributed by atoms with Gasteiger partial charge in [-0.25, -0.2) is 4.39 Å². The zero-order valence-electron chi connectivity index (χ0n) is 9.25. The van der Waals surface area contributed by atoms with E-state index in [0.29, 0.717) is 0 Å². The summed E-state index contributed by atoms with van der Waals surface area (Å²) in [6.45, 7) is 0. The highest BCUT2D eigenvalue weighted by Crippen LogP contribution is 2.11. The fourth-order valence-corrected chi connectivity index (χ4v) is 1.37. The number of hydrogen-bond donors (Lipinski definition) is 0. The minimum atomic E-state index is -0.247. The van der Waals surface area contributed by atoms with Crippen molar-refractivity contribution in [3.63, 3.8) is 0 Å². The van der Waals surface area contributed by atoms with Gasteiger partial charge in [0.2, 0.25) is 0 Å². The molecular formula is C15H12FN. The van der Waals surface area contributed by atoms with Crippen LogP contribution in [0.1, 0.15) is 5.56 Å². The zero-order chi connectivity index (χ0) is 11.9. The molecule has 0 radical (unpaired) electrons. The number of rotatable bonds is 3. The molecule has 84 valence electrons. The van der Waals surface area contributed by atoms with Crippen molar-refractivity contribution < 1.29 is 4.39 Å². The number of allylic oxidation sites excluding steroid dienone is 1. The van der Waals surface area contributed by atoms with Gasteiger partial charge in [0.1, 0.15) is 5.82 Å². The largest absolute Gasteiger partial charge is 0.257 e. The summed E-state index contributed by atoms with van der Waals surface area (Å²) < 4.78 is 12.6. The maximum absolute atomic E-state index is 12.6. The Bertz CT molecular complexity index is 512. The summed E-state index contributed by atoms with van der Waals surface area (Å²) in [5.74, 6) is -0.247. The van der Waals surface area contributed by atoms with Gasteiger partial charge in [-0.1, -0.05) is 36.4 Å². The lowest BCUT2D eigenvalue weighted by atomic mass is 10.2. The fourth-order valence-electron chi connectivity index (χ4n) is 1.37. The molecule has 0 amide bonds. The number of nitrogens with zero attached hydrogens (tertiary/aromatic N) is 1. The van der Waals surface area contributed by atoms with Crippen LogP contribution < -0.4 is 0 Å². The van der Waals surface area contributed by atoms with Crippen LogP contribution in [0, 0.1) is 5.82 Å². The zero-order valence-corrected chi connectivity index (χ0v) is 9.25. The van der Waals surface area contributed by atoms with Crippen molar-refractivity contribution in [2.75, 3.05) is 0 Å². The first-order valence-electron chi connectivity index (χ1n) is 5.36. The molecule has 2 heteroatoms. The lowest BCUT2D eigenvalue weighted by molar-refractivity contribution is 0.628. The molecule has 17 heavy (non-hydrogen) atoms. The van der Waals surface area contributed by atoms with Crippen LogP contribution in [0.4, 0.5) is 10.1 Å². The Balaban J connectivity index is 1.98. The Morgan fingerprint density at radius 3 is 2.29 bits per heavy atom. The van der Waals surface area contributed by atoms with E-state index < -0.39 is 0 Å². The second kappa shape index (κ2) is 5.75. The first kappa shape index (κ1) is 11.3. The molecule has 0 fully saturated rings. The van der Waals surface area contributed by atoms with Crippen molar-refractivity contribution in [1.29, 1.82) is 0 Å². The average molecular weight is 225 g/mol. The Kier molecular flexibility index (Phi) is 3.81. The Morgan fingerprint density at radius 1 is 0.882 bits per heavy atom. The molecule has 2 aromatic rings. The first-order chi connectivity index (χ1) is 8.34. The molecule has 0 atom stereocenters. The number of halogens is 1. The summed E-state index contributed by atoms with van der Waals surface area (Å²) in [4.78, 5) is 4.18. The number of hydrogen-bond acceptors (Lipinski definition) is 1. The highest BCUT2D eigenvalue weighted by molar-refractivity contribution is 5.80. The van der Waals surface area contributed by atoms with Crippen LogP contribution in [0.15, 0.2) is 65.7 Å². The molecule has 0 aliphatic rings. The van der Waals surface area contributed by atoms with Crippen molar-refractivity contribution >= 4 is 18.0 Å². The third-order valence-corrected chi connectivity index (χ3v) is 2.22. The lowest BCUT2D eigenvalue weighted by Gasteiger charge is -1.91. The van der Waals surface area contributed by atoms with Gasteiger partial charge in [0.05, 0.1) is 5.69 Å². The minimum Gasteiger partial charge on any atom is -0.257 e. The molecule has 0 N–H and O–H groups in total. The van der Waals surface area contributed by atoms with Crippen LogP contribution in [-0.2, 0) is 0 Å². The molecule has 0 aliphatic heterocycles. The summed E-state index contributed by atoms with van der Waals surface area (Å²) in [7, 11) is 0. The predicted octanol–water partition coefficient (Wildman–Crippen LogP) is 4.24. The molecular weight excluding hydrogens is 213 g/mol. The number of benzene rings is 2. The van der Waals surface area contributed by atoms with E-state index in [1.54, 1.807) is 18.3 Å². The highest BCUT2D eigenvalue weighted by atomic mass is 19.1. The Hall–Kier alpha value is -2.22. The Morgan fingerprint density at radius 2 is 1.59 bits per heavy atom. The van der Waals surface area contributed by atoms with Gasteiger partial charge in [0.25, 0.3) is 0 Å². The second-order valence-electron chi connectivity index (χ2n) is 3.52. The van der Waals surface area contributed by atoms with Crippen molar-refractivity contribution in [2.24, 2.45) is 4.99 Å². The molecule has 1 nitrogen and oxygen atoms in total. The molecule has 0 spiro atoms. The summed E-state index contributed by atoms with van der Waals surface area (Å²) >= 11 is 0. The Labute approximate surface area is 100.0 Å². The molecule has 0 unspecified atom stereocenters. The van der Waals surface area contributed by atoms with Crippen molar-refractivity contribution in [2.45, 2.75) is 0 Å². The summed E-state index contributed by atoms with van der Waals surface area (Å²) in [6.07, 6.45) is 5.52. The highest BCUT2D eigenvalue weighted by Gasteiger charge is 1.88. The van der Waals surface area contributed by atoms with Gasteiger partial charge >= 0.3 is 0 Å². The molecule has 0 saturated carbocycles. The van der Waals surface area contributed by atoms with E-state index >= 15 is 0 Å². The van der Waals surface area contributed by atoms with Gasteiger partial charge in [-0.3, -0.25) is 4.99 Å². The molecule has 2 aromatic carbocycles. The van der Waals surface area contributed by atoms with Crippen LogP contribution in [-0.4, -0.2) is 6.21 Å². The van der Waals surface area contributed by atoms with E-state index in [2.05, 4.69) is 4.99 Å². The minimum absolute atomic E-state index is 0.247. The predicted molar refractivity (Wildman–Crippen MR) is 70.0 cm³/mol. The lowest BCUT2D eigenvalue weighted by Crippen LogP contribution is -1.72. The first-order valence-corrected chi connectivity index (χ1v) is 5.36. The molecule has 0 aromatic heterocycles. The molecule has 0 saturated heterocycles. The van der Waals surface area contributed by atoms with Crippen molar-refractivity contribution in [3.05, 3.63) is 72.1 Å². The third kappa shape index (κ3) is 3.68. The van der Waals surface area contributed by atoms with Gasteiger partial charge in [-0.2, -0.15) is 0 Å². The van der Waals surface area contributed by atoms with Crippen molar-refractivity contribution in [1.82, 2.24) is 0 Å². The van der Waals surface area contributed by atoms with Gasteiger partial charge in [-0.05, 0) is 35.9 Å². The van der Waals surface area contributed by atoms with Crippen molar-refractivity contribution in [3.8, 4) is 0 Å². The topological polar surface area (TPSA) is 12.4 Å². The van der Waals surface area contributed by atoms with Gasteiger partial charge < -0.3 is 0 Å². The third-order valence-electron chi connectivity index (χ3n) is 2.22. The van der Waals surface area contributed by atoms with E-state index in [4.69, 9.17) is 0 Å². The van der Waals surface area contributed by atoms with E-state index in [9.17, 15) is 4.39 Å². The van der Waals surface area contributed by atoms with E-state index in [-0.39, 0.29) is 5.82 Å². The fraction of sp³-hybridized carbons (Fsp3) is 0. The van der Waals surface area contributed by atoms with Crippen LogP contribution in [0.3, 0.4) is 0 Å². The van der Waals surface area contributed by atoms with Crippen LogP contribution in [0.25, 0.3) is 6.08 Å². The molecule has 0 bridgehead atoms. The summed E-state index contributed by atoms with van der Waals surface area (Å²) in [5, 5.41) is 0. The monoisotopic (exact) mass is 225 g/mol. The maximum atomic E-state index is 12.6. The molecule has 0 heterocycles. The number of aliphatic imine (C=N–C) groups is 1. The van der Waals surface area contributed by atoms with Crippen LogP contribution in [0.2, 0.25) is 0 Å². The molecule has 0 aliphatic carbocycles. The van der Waals surface area contributed by atoms with E-state index in [1.165, 1.54) is 12.1 Å². The standard InChI is InChI=1S/C15H12FN/c16-14-8-10-15(11-9-14)17-12-4-7-13-5-2-1-3-6-13/h1-12H. The average Bonchev–Trinajstić information content (AvgIpc) is 2.38. The van der Waals surface area contributed by atoms with Crippen LogP contribution in [0.5, 0.6) is 0 Å². The normalized spacial score (nSPS) is 11.4. The summed E-state index contributed by atoms with van der Waals surface area (Å²) in [6, 6.07) is 16.0. The molecule has 2 rings (SSSR count). The SMILES string of the molecule is Fc1ccc(N=CC=Cc2ccccc2)cc1.